The quantitative estimate of drug-likeness (QED) is 0.802. The molecule has 0 aliphatic carbocycles. The van der Waals surface area contributed by atoms with Gasteiger partial charge in [-0.25, -0.2) is 0 Å². The number of tetrazole rings is 1. The lowest BCUT2D eigenvalue weighted by atomic mass is 10.2. The molecule has 6 heteroatoms. The standard InChI is InChI=1S/C10H12N4OS/c1-14-12-10(11-13-14)7-16-9-4-2-3-8(5-9)6-15/h2-5,15H,6-7H2,1H3. The fourth-order valence-electron chi connectivity index (χ4n) is 1.26. The second kappa shape index (κ2) is 5.09. The Bertz CT molecular complexity index is 471. The van der Waals surface area contributed by atoms with Crippen molar-refractivity contribution in [1.82, 2.24) is 20.2 Å². The van der Waals surface area contributed by atoms with E-state index < -0.39 is 0 Å². The number of thioether (sulfide) groups is 1. The first-order valence-electron chi connectivity index (χ1n) is 4.83. The highest BCUT2D eigenvalue weighted by Gasteiger charge is 2.02. The first-order chi connectivity index (χ1) is 7.78. The lowest BCUT2D eigenvalue weighted by molar-refractivity contribution is 0.281. The second-order valence-electron chi connectivity index (χ2n) is 3.29. The summed E-state index contributed by atoms with van der Waals surface area (Å²) in [5, 5.41) is 20.8. The summed E-state index contributed by atoms with van der Waals surface area (Å²) in [5.41, 5.74) is 0.914. The largest absolute Gasteiger partial charge is 0.392 e. The molecule has 0 aliphatic heterocycles. The van der Waals surface area contributed by atoms with Crippen molar-refractivity contribution in [3.8, 4) is 0 Å². The van der Waals surface area contributed by atoms with E-state index in [1.54, 1.807) is 18.8 Å². The van der Waals surface area contributed by atoms with Crippen molar-refractivity contribution in [1.29, 1.82) is 0 Å². The summed E-state index contributed by atoms with van der Waals surface area (Å²) in [6.07, 6.45) is 0. The van der Waals surface area contributed by atoms with Gasteiger partial charge < -0.3 is 5.11 Å². The summed E-state index contributed by atoms with van der Waals surface area (Å²) in [6.45, 7) is 0.0673. The van der Waals surface area contributed by atoms with Gasteiger partial charge in [-0.2, -0.15) is 4.80 Å². The molecule has 0 bridgehead atoms. The number of hydrogen-bond acceptors (Lipinski definition) is 5. The molecule has 0 saturated heterocycles. The average molecular weight is 236 g/mol. The Morgan fingerprint density at radius 2 is 2.31 bits per heavy atom. The molecule has 2 aromatic rings. The number of aromatic nitrogens is 4. The Morgan fingerprint density at radius 1 is 1.44 bits per heavy atom. The fraction of sp³-hybridized carbons (Fsp3) is 0.300. The minimum Gasteiger partial charge on any atom is -0.392 e. The third-order valence-corrected chi connectivity index (χ3v) is 2.99. The molecule has 84 valence electrons. The van der Waals surface area contributed by atoms with Gasteiger partial charge in [-0.3, -0.25) is 0 Å². The molecule has 0 atom stereocenters. The van der Waals surface area contributed by atoms with E-state index in [0.29, 0.717) is 11.6 Å². The molecule has 2 rings (SSSR count). The molecule has 1 aromatic heterocycles. The molecule has 0 radical (unpaired) electrons. The number of rotatable bonds is 4. The van der Waals surface area contributed by atoms with Crippen LogP contribution in [0.25, 0.3) is 0 Å². The molecule has 16 heavy (non-hydrogen) atoms. The predicted molar refractivity (Wildman–Crippen MR) is 60.7 cm³/mol. The zero-order chi connectivity index (χ0) is 11.4. The molecule has 0 saturated carbocycles. The van der Waals surface area contributed by atoms with E-state index in [9.17, 15) is 0 Å². The maximum atomic E-state index is 9.00. The van der Waals surface area contributed by atoms with Crippen LogP contribution in [-0.4, -0.2) is 25.3 Å². The molecular weight excluding hydrogens is 224 g/mol. The topological polar surface area (TPSA) is 63.8 Å². The minimum atomic E-state index is 0.0673. The average Bonchev–Trinajstić information content (AvgIpc) is 2.73. The van der Waals surface area contributed by atoms with E-state index >= 15 is 0 Å². The molecule has 5 nitrogen and oxygen atoms in total. The Kier molecular flexibility index (Phi) is 3.53. The summed E-state index contributed by atoms with van der Waals surface area (Å²) < 4.78 is 0. The number of hydrogen-bond donors (Lipinski definition) is 1. The van der Waals surface area contributed by atoms with Crippen LogP contribution in [0.4, 0.5) is 0 Å². The van der Waals surface area contributed by atoms with Gasteiger partial charge >= 0.3 is 0 Å². The second-order valence-corrected chi connectivity index (χ2v) is 4.34. The highest BCUT2D eigenvalue weighted by atomic mass is 32.2. The van der Waals surface area contributed by atoms with Crippen LogP contribution < -0.4 is 0 Å². The summed E-state index contributed by atoms with van der Waals surface area (Å²) in [6, 6.07) is 7.78. The number of nitrogens with zero attached hydrogens (tertiary/aromatic N) is 4. The molecule has 1 heterocycles. The fourth-order valence-corrected chi connectivity index (χ4v) is 2.08. The van der Waals surface area contributed by atoms with Crippen LogP contribution in [0.3, 0.4) is 0 Å². The van der Waals surface area contributed by atoms with Gasteiger partial charge in [0.25, 0.3) is 0 Å². The lowest BCUT2D eigenvalue weighted by Crippen LogP contribution is -1.92. The van der Waals surface area contributed by atoms with Crippen LogP contribution in [0.5, 0.6) is 0 Å². The van der Waals surface area contributed by atoms with Crippen LogP contribution in [0, 0.1) is 0 Å². The van der Waals surface area contributed by atoms with Crippen molar-refractivity contribution in [3.63, 3.8) is 0 Å². The predicted octanol–water partition coefficient (Wildman–Crippen LogP) is 0.995. The van der Waals surface area contributed by atoms with Gasteiger partial charge in [-0.05, 0) is 22.9 Å². The van der Waals surface area contributed by atoms with Gasteiger partial charge in [0.2, 0.25) is 0 Å². The first kappa shape index (κ1) is 11.1. The molecule has 0 fully saturated rings. The number of benzene rings is 1. The van der Waals surface area contributed by atoms with Gasteiger partial charge in [0, 0.05) is 4.90 Å². The third kappa shape index (κ3) is 2.80. The number of aliphatic hydroxyl groups excluding tert-OH is 1. The molecule has 0 spiro atoms. The minimum absolute atomic E-state index is 0.0673. The van der Waals surface area contributed by atoms with E-state index in [2.05, 4.69) is 15.4 Å². The van der Waals surface area contributed by atoms with E-state index in [1.807, 2.05) is 24.3 Å². The van der Waals surface area contributed by atoms with Crippen LogP contribution in [-0.2, 0) is 19.4 Å². The van der Waals surface area contributed by atoms with Crippen LogP contribution >= 0.6 is 11.8 Å². The van der Waals surface area contributed by atoms with Crippen molar-refractivity contribution in [2.24, 2.45) is 7.05 Å². The Morgan fingerprint density at radius 3 is 3.00 bits per heavy atom. The maximum Gasteiger partial charge on any atom is 0.184 e. The van der Waals surface area contributed by atoms with Gasteiger partial charge in [0.1, 0.15) is 0 Å². The molecule has 1 aromatic carbocycles. The smallest absolute Gasteiger partial charge is 0.184 e. The van der Waals surface area contributed by atoms with Crippen molar-refractivity contribution in [2.75, 3.05) is 0 Å². The summed E-state index contributed by atoms with van der Waals surface area (Å²) >= 11 is 1.63. The summed E-state index contributed by atoms with van der Waals surface area (Å²) in [4.78, 5) is 2.54. The normalized spacial score (nSPS) is 10.6. The van der Waals surface area contributed by atoms with Gasteiger partial charge in [0.15, 0.2) is 5.82 Å². The van der Waals surface area contributed by atoms with Gasteiger partial charge in [-0.15, -0.1) is 22.0 Å². The number of aryl methyl sites for hydroxylation is 1. The molecular formula is C10H12N4OS. The highest BCUT2D eigenvalue weighted by Crippen LogP contribution is 2.21. The van der Waals surface area contributed by atoms with Crippen LogP contribution in [0.1, 0.15) is 11.4 Å². The molecule has 0 amide bonds. The van der Waals surface area contributed by atoms with E-state index in [0.717, 1.165) is 10.5 Å². The van der Waals surface area contributed by atoms with Crippen molar-refractivity contribution in [2.45, 2.75) is 17.3 Å². The Labute approximate surface area is 97.5 Å². The lowest BCUT2D eigenvalue weighted by Gasteiger charge is -2.00. The van der Waals surface area contributed by atoms with E-state index in [1.165, 1.54) is 4.80 Å². The van der Waals surface area contributed by atoms with Crippen LogP contribution in [0.2, 0.25) is 0 Å². The van der Waals surface area contributed by atoms with Crippen molar-refractivity contribution < 1.29 is 5.11 Å². The molecule has 0 aliphatic rings. The first-order valence-corrected chi connectivity index (χ1v) is 5.82. The summed E-state index contributed by atoms with van der Waals surface area (Å²) in [7, 11) is 1.74. The van der Waals surface area contributed by atoms with Gasteiger partial charge in [0.05, 0.1) is 19.4 Å². The monoisotopic (exact) mass is 236 g/mol. The third-order valence-electron chi connectivity index (χ3n) is 2.00. The SMILES string of the molecule is Cn1nnc(CSc2cccc(CO)c2)n1. The van der Waals surface area contributed by atoms with Gasteiger partial charge in [-0.1, -0.05) is 12.1 Å². The highest BCUT2D eigenvalue weighted by molar-refractivity contribution is 7.98. The van der Waals surface area contributed by atoms with Crippen molar-refractivity contribution in [3.05, 3.63) is 35.7 Å². The zero-order valence-corrected chi connectivity index (χ0v) is 9.68. The van der Waals surface area contributed by atoms with Crippen molar-refractivity contribution >= 4 is 11.8 Å². The maximum absolute atomic E-state index is 9.00. The Balaban J connectivity index is 1.99. The number of aliphatic hydroxyl groups is 1. The van der Waals surface area contributed by atoms with E-state index in [4.69, 9.17) is 5.11 Å². The Hall–Kier alpha value is -1.40. The zero-order valence-electron chi connectivity index (χ0n) is 8.87. The molecule has 1 N–H and O–H groups in total. The summed E-state index contributed by atoms with van der Waals surface area (Å²) in [5.74, 6) is 1.39. The molecule has 0 unspecified atom stereocenters. The van der Waals surface area contributed by atoms with Crippen LogP contribution in [0.15, 0.2) is 29.2 Å². The van der Waals surface area contributed by atoms with E-state index in [-0.39, 0.29) is 6.61 Å².